The SMILES string of the molecule is CCOC(c1ccccc1)C(N)Cc1ccccc1F. The average Bonchev–Trinajstić information content (AvgIpc) is 2.48. The minimum absolute atomic E-state index is 0.216. The Bertz CT molecular complexity index is 530. The lowest BCUT2D eigenvalue weighted by molar-refractivity contribution is 0.0431. The molecule has 2 rings (SSSR count). The van der Waals surface area contributed by atoms with Crippen molar-refractivity contribution in [1.82, 2.24) is 0 Å². The molecule has 0 aromatic heterocycles. The minimum Gasteiger partial charge on any atom is -0.372 e. The van der Waals surface area contributed by atoms with E-state index in [4.69, 9.17) is 10.5 Å². The van der Waals surface area contributed by atoms with Gasteiger partial charge in [-0.3, -0.25) is 0 Å². The largest absolute Gasteiger partial charge is 0.372 e. The Morgan fingerprint density at radius 3 is 2.35 bits per heavy atom. The van der Waals surface area contributed by atoms with Gasteiger partial charge in [0.2, 0.25) is 0 Å². The number of hydrogen-bond acceptors (Lipinski definition) is 2. The van der Waals surface area contributed by atoms with Crippen molar-refractivity contribution >= 4 is 0 Å². The maximum Gasteiger partial charge on any atom is 0.126 e. The highest BCUT2D eigenvalue weighted by atomic mass is 19.1. The Morgan fingerprint density at radius 2 is 1.70 bits per heavy atom. The number of nitrogens with two attached hydrogens (primary N) is 1. The minimum atomic E-state index is -0.283. The van der Waals surface area contributed by atoms with Gasteiger partial charge in [0.25, 0.3) is 0 Å². The molecular formula is C17H20FNO. The van der Waals surface area contributed by atoms with E-state index in [9.17, 15) is 4.39 Å². The summed E-state index contributed by atoms with van der Waals surface area (Å²) in [4.78, 5) is 0. The fraction of sp³-hybridized carbons (Fsp3) is 0.294. The summed E-state index contributed by atoms with van der Waals surface area (Å²) >= 11 is 0. The molecule has 0 aliphatic rings. The molecular weight excluding hydrogens is 253 g/mol. The van der Waals surface area contributed by atoms with Crippen LogP contribution in [0.25, 0.3) is 0 Å². The summed E-state index contributed by atoms with van der Waals surface area (Å²) in [7, 11) is 0. The highest BCUT2D eigenvalue weighted by Crippen LogP contribution is 2.23. The van der Waals surface area contributed by atoms with Crippen LogP contribution in [-0.4, -0.2) is 12.6 Å². The monoisotopic (exact) mass is 273 g/mol. The Hall–Kier alpha value is -1.71. The van der Waals surface area contributed by atoms with Gasteiger partial charge in [0.1, 0.15) is 5.82 Å². The molecule has 2 N–H and O–H groups in total. The molecule has 0 amide bonds. The van der Waals surface area contributed by atoms with Crippen LogP contribution in [0.4, 0.5) is 4.39 Å². The van der Waals surface area contributed by atoms with Crippen LogP contribution in [0.5, 0.6) is 0 Å². The fourth-order valence-electron chi connectivity index (χ4n) is 2.31. The molecule has 3 heteroatoms. The molecule has 0 radical (unpaired) electrons. The summed E-state index contributed by atoms with van der Waals surface area (Å²) in [6.45, 7) is 2.51. The van der Waals surface area contributed by atoms with Crippen LogP contribution in [0, 0.1) is 5.82 Å². The first-order valence-corrected chi connectivity index (χ1v) is 6.88. The van der Waals surface area contributed by atoms with Gasteiger partial charge in [-0.25, -0.2) is 4.39 Å². The van der Waals surface area contributed by atoms with Crippen LogP contribution < -0.4 is 5.73 Å². The van der Waals surface area contributed by atoms with Crippen LogP contribution in [0.15, 0.2) is 54.6 Å². The molecule has 0 bridgehead atoms. The highest BCUT2D eigenvalue weighted by molar-refractivity contribution is 5.22. The normalized spacial score (nSPS) is 13.9. The maximum atomic E-state index is 13.7. The fourth-order valence-corrected chi connectivity index (χ4v) is 2.31. The van der Waals surface area contributed by atoms with E-state index in [1.807, 2.05) is 43.3 Å². The van der Waals surface area contributed by atoms with E-state index < -0.39 is 0 Å². The average molecular weight is 273 g/mol. The third-order valence-electron chi connectivity index (χ3n) is 3.28. The van der Waals surface area contributed by atoms with E-state index in [1.165, 1.54) is 6.07 Å². The first kappa shape index (κ1) is 14.7. The third-order valence-corrected chi connectivity index (χ3v) is 3.28. The lowest BCUT2D eigenvalue weighted by Crippen LogP contribution is -2.32. The Morgan fingerprint density at radius 1 is 1.05 bits per heavy atom. The molecule has 0 heterocycles. The second-order valence-corrected chi connectivity index (χ2v) is 4.75. The van der Waals surface area contributed by atoms with Crippen molar-refractivity contribution in [2.75, 3.05) is 6.61 Å². The van der Waals surface area contributed by atoms with Gasteiger partial charge >= 0.3 is 0 Å². The molecule has 0 aliphatic carbocycles. The second kappa shape index (κ2) is 7.17. The van der Waals surface area contributed by atoms with Crippen LogP contribution in [-0.2, 0) is 11.2 Å². The lowest BCUT2D eigenvalue weighted by Gasteiger charge is -2.24. The maximum absolute atomic E-state index is 13.7. The zero-order valence-electron chi connectivity index (χ0n) is 11.6. The van der Waals surface area contributed by atoms with Crippen molar-refractivity contribution < 1.29 is 9.13 Å². The van der Waals surface area contributed by atoms with E-state index in [0.29, 0.717) is 18.6 Å². The van der Waals surface area contributed by atoms with Gasteiger partial charge in [-0.1, -0.05) is 48.5 Å². The predicted molar refractivity (Wildman–Crippen MR) is 78.9 cm³/mol. The van der Waals surface area contributed by atoms with Crippen molar-refractivity contribution in [1.29, 1.82) is 0 Å². The Balaban J connectivity index is 2.16. The van der Waals surface area contributed by atoms with Crippen molar-refractivity contribution in [3.8, 4) is 0 Å². The van der Waals surface area contributed by atoms with Gasteiger partial charge in [-0.05, 0) is 30.5 Å². The Kier molecular flexibility index (Phi) is 5.27. The third kappa shape index (κ3) is 3.65. The number of rotatable bonds is 6. The molecule has 2 unspecified atom stereocenters. The van der Waals surface area contributed by atoms with Gasteiger partial charge in [-0.15, -0.1) is 0 Å². The molecule has 2 aromatic rings. The highest BCUT2D eigenvalue weighted by Gasteiger charge is 2.21. The van der Waals surface area contributed by atoms with E-state index >= 15 is 0 Å². The smallest absolute Gasteiger partial charge is 0.126 e. The topological polar surface area (TPSA) is 35.2 Å². The van der Waals surface area contributed by atoms with Gasteiger partial charge in [-0.2, -0.15) is 0 Å². The van der Waals surface area contributed by atoms with Crippen molar-refractivity contribution in [3.05, 3.63) is 71.5 Å². The van der Waals surface area contributed by atoms with Crippen LogP contribution >= 0.6 is 0 Å². The number of ether oxygens (including phenoxy) is 1. The van der Waals surface area contributed by atoms with E-state index in [1.54, 1.807) is 12.1 Å². The van der Waals surface area contributed by atoms with Crippen LogP contribution in [0.1, 0.15) is 24.2 Å². The molecule has 0 spiro atoms. The van der Waals surface area contributed by atoms with Gasteiger partial charge in [0.05, 0.1) is 6.10 Å². The summed E-state index contributed by atoms with van der Waals surface area (Å²) in [6.07, 6.45) is 0.229. The van der Waals surface area contributed by atoms with Gasteiger partial charge in [0.15, 0.2) is 0 Å². The molecule has 106 valence electrons. The molecule has 2 aromatic carbocycles. The van der Waals surface area contributed by atoms with Crippen molar-refractivity contribution in [2.24, 2.45) is 5.73 Å². The predicted octanol–water partition coefficient (Wildman–Crippen LogP) is 3.47. The molecule has 2 atom stereocenters. The Labute approximate surface area is 119 Å². The number of hydrogen-bond donors (Lipinski definition) is 1. The van der Waals surface area contributed by atoms with Crippen LogP contribution in [0.3, 0.4) is 0 Å². The number of benzene rings is 2. The molecule has 2 nitrogen and oxygen atoms in total. The summed E-state index contributed by atoms with van der Waals surface area (Å²) < 4.78 is 19.5. The molecule has 0 aliphatic heterocycles. The summed E-state index contributed by atoms with van der Waals surface area (Å²) in [5.41, 5.74) is 7.90. The van der Waals surface area contributed by atoms with E-state index in [0.717, 1.165) is 5.56 Å². The number of halogens is 1. The summed E-state index contributed by atoms with van der Waals surface area (Å²) in [5.74, 6) is -0.216. The van der Waals surface area contributed by atoms with Crippen molar-refractivity contribution in [2.45, 2.75) is 25.5 Å². The van der Waals surface area contributed by atoms with Gasteiger partial charge in [0, 0.05) is 12.6 Å². The quantitative estimate of drug-likeness (QED) is 0.874. The van der Waals surface area contributed by atoms with Gasteiger partial charge < -0.3 is 10.5 Å². The van der Waals surface area contributed by atoms with E-state index in [-0.39, 0.29) is 18.0 Å². The summed E-state index contributed by atoms with van der Waals surface area (Å²) in [5, 5.41) is 0. The standard InChI is InChI=1S/C17H20FNO/c1-2-20-17(13-8-4-3-5-9-13)16(19)12-14-10-6-7-11-15(14)18/h3-11,16-17H,2,12,19H2,1H3. The first-order valence-electron chi connectivity index (χ1n) is 6.88. The second-order valence-electron chi connectivity index (χ2n) is 4.75. The zero-order chi connectivity index (χ0) is 14.4. The van der Waals surface area contributed by atoms with Crippen LogP contribution in [0.2, 0.25) is 0 Å². The zero-order valence-corrected chi connectivity index (χ0v) is 11.6. The molecule has 20 heavy (non-hydrogen) atoms. The first-order chi connectivity index (χ1) is 9.72. The van der Waals surface area contributed by atoms with Crippen molar-refractivity contribution in [3.63, 3.8) is 0 Å². The van der Waals surface area contributed by atoms with E-state index in [2.05, 4.69) is 0 Å². The lowest BCUT2D eigenvalue weighted by atomic mass is 9.96. The molecule has 0 saturated carbocycles. The summed E-state index contributed by atoms with van der Waals surface area (Å²) in [6, 6.07) is 16.3. The molecule has 0 saturated heterocycles. The molecule has 0 fully saturated rings.